The fourth-order valence-electron chi connectivity index (χ4n) is 0.722. The zero-order valence-corrected chi connectivity index (χ0v) is 8.45. The summed E-state index contributed by atoms with van der Waals surface area (Å²) in [6.07, 6.45) is 0.0862. The first kappa shape index (κ1) is 13.2. The molecule has 0 saturated heterocycles. The molecule has 0 rings (SSSR count). The summed E-state index contributed by atoms with van der Waals surface area (Å²) < 4.78 is 4.65. The van der Waals surface area contributed by atoms with Crippen molar-refractivity contribution in [1.82, 2.24) is 10.9 Å². The highest BCUT2D eigenvalue weighted by Crippen LogP contribution is 1.83. The number of hydrazone groups is 1. The Labute approximate surface area is 87.0 Å². The average molecular weight is 217 g/mol. The van der Waals surface area contributed by atoms with Crippen LogP contribution in [0.15, 0.2) is 5.10 Å². The molecule has 0 aliphatic carbocycles. The number of ether oxygens (including phenoxy) is 1. The number of amides is 1. The maximum absolute atomic E-state index is 11.1. The molecule has 6 N–H and O–H groups in total. The SMILES string of the molecule is CCOC(=O)CCNC(=O)/C(N)=N/NN. The van der Waals surface area contributed by atoms with E-state index in [1.807, 2.05) is 5.53 Å². The Morgan fingerprint density at radius 1 is 1.47 bits per heavy atom. The van der Waals surface area contributed by atoms with Crippen LogP contribution in [0.2, 0.25) is 0 Å². The van der Waals surface area contributed by atoms with Crippen LogP contribution in [0.5, 0.6) is 0 Å². The summed E-state index contributed by atoms with van der Waals surface area (Å²) in [6.45, 7) is 2.15. The zero-order valence-electron chi connectivity index (χ0n) is 8.45. The van der Waals surface area contributed by atoms with Crippen molar-refractivity contribution in [3.05, 3.63) is 0 Å². The number of nitrogens with zero attached hydrogens (tertiary/aromatic N) is 1. The first-order valence-corrected chi connectivity index (χ1v) is 4.34. The third-order valence-electron chi connectivity index (χ3n) is 1.34. The lowest BCUT2D eigenvalue weighted by molar-refractivity contribution is -0.142. The van der Waals surface area contributed by atoms with Gasteiger partial charge in [-0.15, -0.1) is 5.10 Å². The van der Waals surface area contributed by atoms with Gasteiger partial charge in [-0.3, -0.25) is 9.59 Å². The normalized spacial score (nSPS) is 10.7. The standard InChI is InChI=1S/C7H15N5O3/c1-2-15-5(13)3-4-10-7(14)6(8)11-12-9/h12H,2-4,9H2,1H3,(H2,8,11)(H,10,14). The maximum atomic E-state index is 11.1. The van der Waals surface area contributed by atoms with Crippen molar-refractivity contribution >= 4 is 17.7 Å². The Morgan fingerprint density at radius 3 is 2.67 bits per heavy atom. The average Bonchev–Trinajstić information content (AvgIpc) is 2.18. The Balaban J connectivity index is 3.73. The number of nitrogens with two attached hydrogens (primary N) is 2. The number of hydrogen-bond donors (Lipinski definition) is 4. The Hall–Kier alpha value is -1.83. The first-order valence-electron chi connectivity index (χ1n) is 4.34. The lowest BCUT2D eigenvalue weighted by atomic mass is 10.4. The number of amidine groups is 1. The van der Waals surface area contributed by atoms with Crippen LogP contribution < -0.4 is 22.4 Å². The molecule has 0 aromatic carbocycles. The summed E-state index contributed by atoms with van der Waals surface area (Å²) in [7, 11) is 0. The van der Waals surface area contributed by atoms with Gasteiger partial charge in [0.05, 0.1) is 13.0 Å². The lowest BCUT2D eigenvalue weighted by Gasteiger charge is -2.04. The van der Waals surface area contributed by atoms with Crippen molar-refractivity contribution < 1.29 is 14.3 Å². The summed E-state index contributed by atoms with van der Waals surface area (Å²) in [4.78, 5) is 21.9. The Morgan fingerprint density at radius 2 is 2.13 bits per heavy atom. The summed E-state index contributed by atoms with van der Waals surface area (Å²) in [5.74, 6) is 3.52. The van der Waals surface area contributed by atoms with Gasteiger partial charge in [0, 0.05) is 6.54 Å². The highest BCUT2D eigenvalue weighted by atomic mass is 16.5. The van der Waals surface area contributed by atoms with Gasteiger partial charge in [0.2, 0.25) is 5.84 Å². The van der Waals surface area contributed by atoms with E-state index in [9.17, 15) is 9.59 Å². The monoisotopic (exact) mass is 217 g/mol. The smallest absolute Gasteiger partial charge is 0.307 e. The second kappa shape index (κ2) is 7.56. The zero-order chi connectivity index (χ0) is 11.7. The van der Waals surface area contributed by atoms with Crippen molar-refractivity contribution in [1.29, 1.82) is 0 Å². The summed E-state index contributed by atoms with van der Waals surface area (Å²) >= 11 is 0. The fourth-order valence-corrected chi connectivity index (χ4v) is 0.722. The number of hydrogen-bond acceptors (Lipinski definition) is 6. The quantitative estimate of drug-likeness (QED) is 0.136. The number of hydrazine groups is 1. The molecule has 0 aromatic rings. The molecule has 0 aromatic heterocycles. The highest BCUT2D eigenvalue weighted by molar-refractivity contribution is 6.37. The van der Waals surface area contributed by atoms with E-state index in [1.54, 1.807) is 6.92 Å². The van der Waals surface area contributed by atoms with Gasteiger partial charge in [-0.05, 0) is 6.92 Å². The molecule has 1 amide bonds. The molecule has 86 valence electrons. The van der Waals surface area contributed by atoms with E-state index in [-0.39, 0.29) is 24.8 Å². The van der Waals surface area contributed by atoms with Gasteiger partial charge in [-0.25, -0.2) is 11.4 Å². The molecule has 15 heavy (non-hydrogen) atoms. The molecular formula is C7H15N5O3. The molecule has 0 bridgehead atoms. The summed E-state index contributed by atoms with van der Waals surface area (Å²) in [5.41, 5.74) is 7.06. The van der Waals surface area contributed by atoms with Crippen molar-refractivity contribution in [3.8, 4) is 0 Å². The second-order valence-corrected chi connectivity index (χ2v) is 2.44. The fraction of sp³-hybridized carbons (Fsp3) is 0.571. The van der Waals surface area contributed by atoms with Gasteiger partial charge in [-0.2, -0.15) is 0 Å². The van der Waals surface area contributed by atoms with Crippen LogP contribution in [-0.4, -0.2) is 30.9 Å². The minimum absolute atomic E-state index is 0.0862. The van der Waals surface area contributed by atoms with Gasteiger partial charge in [0.25, 0.3) is 5.91 Å². The van der Waals surface area contributed by atoms with Crippen LogP contribution >= 0.6 is 0 Å². The van der Waals surface area contributed by atoms with Crippen LogP contribution in [-0.2, 0) is 14.3 Å². The molecule has 8 heteroatoms. The van der Waals surface area contributed by atoms with E-state index in [0.717, 1.165) is 0 Å². The predicted molar refractivity (Wildman–Crippen MR) is 53.2 cm³/mol. The minimum Gasteiger partial charge on any atom is -0.466 e. The topological polar surface area (TPSA) is 132 Å². The van der Waals surface area contributed by atoms with Gasteiger partial charge < -0.3 is 15.8 Å². The van der Waals surface area contributed by atoms with Crippen molar-refractivity contribution in [2.75, 3.05) is 13.2 Å². The van der Waals surface area contributed by atoms with E-state index in [1.165, 1.54) is 0 Å². The summed E-state index contributed by atoms with van der Waals surface area (Å²) in [6, 6.07) is 0. The molecule has 0 spiro atoms. The van der Waals surface area contributed by atoms with E-state index < -0.39 is 5.91 Å². The van der Waals surface area contributed by atoms with Crippen LogP contribution in [0.25, 0.3) is 0 Å². The second-order valence-electron chi connectivity index (χ2n) is 2.44. The van der Waals surface area contributed by atoms with E-state index in [0.29, 0.717) is 6.61 Å². The van der Waals surface area contributed by atoms with Gasteiger partial charge >= 0.3 is 5.97 Å². The first-order chi connectivity index (χ1) is 7.11. The predicted octanol–water partition coefficient (Wildman–Crippen LogP) is -2.21. The number of rotatable bonds is 5. The molecule has 8 nitrogen and oxygen atoms in total. The van der Waals surface area contributed by atoms with Crippen molar-refractivity contribution in [2.45, 2.75) is 13.3 Å². The Kier molecular flexibility index (Phi) is 6.64. The Bertz CT molecular complexity index is 253. The number of carbonyl (C=O) groups is 2. The van der Waals surface area contributed by atoms with E-state index >= 15 is 0 Å². The van der Waals surface area contributed by atoms with E-state index in [4.69, 9.17) is 11.6 Å². The third kappa shape index (κ3) is 6.27. The van der Waals surface area contributed by atoms with Crippen LogP contribution in [0, 0.1) is 0 Å². The van der Waals surface area contributed by atoms with Crippen LogP contribution in [0.3, 0.4) is 0 Å². The molecule has 0 radical (unpaired) electrons. The molecule has 0 aliphatic heterocycles. The third-order valence-corrected chi connectivity index (χ3v) is 1.34. The lowest BCUT2D eigenvalue weighted by Crippen LogP contribution is -2.39. The van der Waals surface area contributed by atoms with Crippen molar-refractivity contribution in [3.63, 3.8) is 0 Å². The van der Waals surface area contributed by atoms with Gasteiger partial charge in [0.15, 0.2) is 0 Å². The van der Waals surface area contributed by atoms with E-state index in [2.05, 4.69) is 15.2 Å². The molecular weight excluding hydrogens is 202 g/mol. The number of esters is 1. The van der Waals surface area contributed by atoms with Crippen molar-refractivity contribution in [2.24, 2.45) is 16.7 Å². The molecule has 0 unspecified atom stereocenters. The van der Waals surface area contributed by atoms with Crippen LogP contribution in [0.4, 0.5) is 0 Å². The summed E-state index contributed by atoms with van der Waals surface area (Å²) in [5, 5.41) is 5.62. The highest BCUT2D eigenvalue weighted by Gasteiger charge is 2.07. The van der Waals surface area contributed by atoms with Gasteiger partial charge in [-0.1, -0.05) is 0 Å². The molecule has 0 atom stereocenters. The molecule has 0 heterocycles. The largest absolute Gasteiger partial charge is 0.466 e. The minimum atomic E-state index is -0.600. The van der Waals surface area contributed by atoms with Gasteiger partial charge in [0.1, 0.15) is 0 Å². The van der Waals surface area contributed by atoms with Crippen LogP contribution in [0.1, 0.15) is 13.3 Å². The molecule has 0 fully saturated rings. The number of nitrogens with one attached hydrogen (secondary N) is 2. The molecule has 0 saturated carbocycles. The number of carbonyl (C=O) groups excluding carboxylic acids is 2. The maximum Gasteiger partial charge on any atom is 0.307 e. The molecule has 0 aliphatic rings.